The summed E-state index contributed by atoms with van der Waals surface area (Å²) >= 11 is 0. The molecule has 0 bridgehead atoms. The van der Waals surface area contributed by atoms with Gasteiger partial charge in [0.2, 0.25) is 0 Å². The first-order valence-corrected chi connectivity index (χ1v) is 4.20. The molecule has 0 aromatic carbocycles. The molecular formula is C8H15NO2. The lowest BCUT2D eigenvalue weighted by molar-refractivity contribution is -0.142. The summed E-state index contributed by atoms with van der Waals surface area (Å²) in [4.78, 5) is 10.8. The highest BCUT2D eigenvalue weighted by atomic mass is 16.6. The van der Waals surface area contributed by atoms with E-state index in [4.69, 9.17) is 10.5 Å². The largest absolute Gasteiger partial charge is 0.461 e. The molecule has 64 valence electrons. The van der Waals surface area contributed by atoms with E-state index in [0.717, 1.165) is 19.3 Å². The van der Waals surface area contributed by atoms with Crippen molar-refractivity contribution in [3.63, 3.8) is 0 Å². The van der Waals surface area contributed by atoms with Crippen LogP contribution in [0.5, 0.6) is 0 Å². The number of rotatable bonds is 3. The number of cyclic esters (lactones) is 1. The topological polar surface area (TPSA) is 52.3 Å². The average Bonchev–Trinajstić information content (AvgIpc) is 2.28. The maximum atomic E-state index is 10.8. The molecule has 0 aromatic heterocycles. The maximum Gasteiger partial charge on any atom is 0.323 e. The van der Waals surface area contributed by atoms with Crippen molar-refractivity contribution >= 4 is 5.97 Å². The second-order valence-corrected chi connectivity index (χ2v) is 3.04. The monoisotopic (exact) mass is 157 g/mol. The molecule has 0 spiro atoms. The minimum Gasteiger partial charge on any atom is -0.461 e. The van der Waals surface area contributed by atoms with E-state index in [2.05, 4.69) is 6.92 Å². The van der Waals surface area contributed by atoms with E-state index in [1.54, 1.807) is 0 Å². The van der Waals surface area contributed by atoms with Crippen molar-refractivity contribution in [3.05, 3.63) is 0 Å². The van der Waals surface area contributed by atoms with Crippen LogP contribution in [0.3, 0.4) is 0 Å². The predicted molar refractivity (Wildman–Crippen MR) is 42.0 cm³/mol. The summed E-state index contributed by atoms with van der Waals surface area (Å²) in [6.07, 6.45) is 4.03. The van der Waals surface area contributed by atoms with Gasteiger partial charge >= 0.3 is 5.97 Å². The van der Waals surface area contributed by atoms with Crippen LogP contribution in [0.2, 0.25) is 0 Å². The lowest BCUT2D eigenvalue weighted by Crippen LogP contribution is -2.24. The molecule has 1 heterocycles. The normalized spacial score (nSPS) is 30.5. The lowest BCUT2D eigenvalue weighted by atomic mass is 10.1. The van der Waals surface area contributed by atoms with E-state index in [0.29, 0.717) is 6.42 Å². The Morgan fingerprint density at radius 1 is 1.73 bits per heavy atom. The van der Waals surface area contributed by atoms with Crippen LogP contribution in [0.15, 0.2) is 0 Å². The fourth-order valence-corrected chi connectivity index (χ4v) is 1.29. The maximum absolute atomic E-state index is 10.8. The summed E-state index contributed by atoms with van der Waals surface area (Å²) in [5, 5.41) is 0. The number of ether oxygens (including phenoxy) is 1. The first kappa shape index (κ1) is 8.53. The smallest absolute Gasteiger partial charge is 0.323 e. The Labute approximate surface area is 66.9 Å². The molecule has 1 aliphatic rings. The SMILES string of the molecule is CCCC[C@H]1C[C@H](N)C(=O)O1. The second-order valence-electron chi connectivity index (χ2n) is 3.04. The molecule has 1 rings (SSSR count). The van der Waals surface area contributed by atoms with Gasteiger partial charge in [0, 0.05) is 6.42 Å². The zero-order chi connectivity index (χ0) is 8.27. The number of carbonyl (C=O) groups excluding carboxylic acids is 1. The van der Waals surface area contributed by atoms with Crippen molar-refractivity contribution in [1.29, 1.82) is 0 Å². The van der Waals surface area contributed by atoms with Crippen LogP contribution < -0.4 is 5.73 Å². The first-order valence-electron chi connectivity index (χ1n) is 4.20. The first-order chi connectivity index (χ1) is 5.24. The van der Waals surface area contributed by atoms with E-state index < -0.39 is 0 Å². The Balaban J connectivity index is 2.24. The molecule has 0 radical (unpaired) electrons. The van der Waals surface area contributed by atoms with Gasteiger partial charge in [0.1, 0.15) is 12.1 Å². The quantitative estimate of drug-likeness (QED) is 0.617. The van der Waals surface area contributed by atoms with E-state index in [1.165, 1.54) is 0 Å². The number of esters is 1. The molecule has 0 saturated carbocycles. The number of carbonyl (C=O) groups is 1. The summed E-state index contributed by atoms with van der Waals surface area (Å²) in [5.41, 5.74) is 5.47. The molecule has 1 fully saturated rings. The zero-order valence-corrected chi connectivity index (χ0v) is 6.88. The highest BCUT2D eigenvalue weighted by Gasteiger charge is 2.30. The zero-order valence-electron chi connectivity index (χ0n) is 6.88. The summed E-state index contributed by atoms with van der Waals surface area (Å²) in [6.45, 7) is 2.12. The lowest BCUT2D eigenvalue weighted by Gasteiger charge is -2.05. The summed E-state index contributed by atoms with van der Waals surface area (Å²) < 4.78 is 5.01. The van der Waals surface area contributed by atoms with Crippen LogP contribution >= 0.6 is 0 Å². The average molecular weight is 157 g/mol. The fraction of sp³-hybridized carbons (Fsp3) is 0.875. The van der Waals surface area contributed by atoms with E-state index in [-0.39, 0.29) is 18.1 Å². The van der Waals surface area contributed by atoms with Gasteiger partial charge in [0.05, 0.1) is 0 Å². The number of nitrogens with two attached hydrogens (primary N) is 1. The summed E-state index contributed by atoms with van der Waals surface area (Å²) in [5.74, 6) is -0.230. The molecule has 3 nitrogen and oxygen atoms in total. The number of unbranched alkanes of at least 4 members (excludes halogenated alkanes) is 1. The van der Waals surface area contributed by atoms with Crippen LogP contribution in [0, 0.1) is 0 Å². The van der Waals surface area contributed by atoms with Gasteiger partial charge in [-0.2, -0.15) is 0 Å². The van der Waals surface area contributed by atoms with Crippen LogP contribution in [0.25, 0.3) is 0 Å². The third-order valence-electron chi connectivity index (χ3n) is 1.98. The second kappa shape index (κ2) is 3.72. The third kappa shape index (κ3) is 2.19. The number of hydrogen-bond acceptors (Lipinski definition) is 3. The Morgan fingerprint density at radius 3 is 2.91 bits per heavy atom. The molecular weight excluding hydrogens is 142 g/mol. The number of hydrogen-bond donors (Lipinski definition) is 1. The van der Waals surface area contributed by atoms with Crippen LogP contribution in [-0.2, 0) is 9.53 Å². The van der Waals surface area contributed by atoms with Gasteiger partial charge in [-0.05, 0) is 6.42 Å². The van der Waals surface area contributed by atoms with E-state index in [1.807, 2.05) is 0 Å². The predicted octanol–water partition coefficient (Wildman–Crippen LogP) is 0.819. The Hall–Kier alpha value is -0.570. The Bertz CT molecular complexity index is 147. The van der Waals surface area contributed by atoms with Gasteiger partial charge in [-0.15, -0.1) is 0 Å². The standard InChI is InChI=1S/C8H15NO2/c1-2-3-4-6-5-7(9)8(10)11-6/h6-7H,2-5,9H2,1H3/t6-,7-/m0/s1. The molecule has 2 N–H and O–H groups in total. The van der Waals surface area contributed by atoms with Gasteiger partial charge in [0.25, 0.3) is 0 Å². The summed E-state index contributed by atoms with van der Waals surface area (Å²) in [6, 6.07) is -0.364. The van der Waals surface area contributed by atoms with Gasteiger partial charge in [-0.1, -0.05) is 19.8 Å². The van der Waals surface area contributed by atoms with Crippen molar-refractivity contribution in [1.82, 2.24) is 0 Å². The molecule has 0 aromatic rings. The minimum absolute atomic E-state index is 0.0949. The van der Waals surface area contributed by atoms with Crippen molar-refractivity contribution in [3.8, 4) is 0 Å². The highest BCUT2D eigenvalue weighted by Crippen LogP contribution is 2.17. The van der Waals surface area contributed by atoms with E-state index in [9.17, 15) is 4.79 Å². The summed E-state index contributed by atoms with van der Waals surface area (Å²) in [7, 11) is 0. The van der Waals surface area contributed by atoms with Crippen LogP contribution in [0.4, 0.5) is 0 Å². The molecule has 1 aliphatic heterocycles. The Kier molecular flexibility index (Phi) is 2.88. The van der Waals surface area contributed by atoms with Crippen LogP contribution in [-0.4, -0.2) is 18.1 Å². The van der Waals surface area contributed by atoms with E-state index >= 15 is 0 Å². The molecule has 2 atom stereocenters. The molecule has 0 aliphatic carbocycles. The van der Waals surface area contributed by atoms with Crippen molar-refractivity contribution in [2.75, 3.05) is 0 Å². The minimum atomic E-state index is -0.364. The molecule has 0 unspecified atom stereocenters. The van der Waals surface area contributed by atoms with Crippen molar-refractivity contribution in [2.45, 2.75) is 44.8 Å². The van der Waals surface area contributed by atoms with Gasteiger partial charge in [-0.25, -0.2) is 0 Å². The van der Waals surface area contributed by atoms with Crippen molar-refractivity contribution < 1.29 is 9.53 Å². The van der Waals surface area contributed by atoms with Gasteiger partial charge < -0.3 is 10.5 Å². The molecule has 1 saturated heterocycles. The third-order valence-corrected chi connectivity index (χ3v) is 1.98. The van der Waals surface area contributed by atoms with Crippen molar-refractivity contribution in [2.24, 2.45) is 5.73 Å². The van der Waals surface area contributed by atoms with Gasteiger partial charge in [-0.3, -0.25) is 4.79 Å². The molecule has 0 amide bonds. The Morgan fingerprint density at radius 2 is 2.45 bits per heavy atom. The molecule has 11 heavy (non-hydrogen) atoms. The molecule has 3 heteroatoms. The van der Waals surface area contributed by atoms with Gasteiger partial charge in [0.15, 0.2) is 0 Å². The van der Waals surface area contributed by atoms with Crippen LogP contribution in [0.1, 0.15) is 32.6 Å². The highest BCUT2D eigenvalue weighted by molar-refractivity contribution is 5.77. The fourth-order valence-electron chi connectivity index (χ4n) is 1.29.